The SMILES string of the molecule is CC1OCCC1CNCc1cc(C(=O)O)ccc1F. The van der Waals surface area contributed by atoms with Crippen LogP contribution in [0.25, 0.3) is 0 Å². The van der Waals surface area contributed by atoms with Crippen molar-refractivity contribution >= 4 is 5.97 Å². The van der Waals surface area contributed by atoms with E-state index in [1.54, 1.807) is 0 Å². The highest BCUT2D eigenvalue weighted by Gasteiger charge is 2.23. The Kier molecular flexibility index (Phi) is 4.50. The van der Waals surface area contributed by atoms with Crippen molar-refractivity contribution in [1.29, 1.82) is 0 Å². The Labute approximate surface area is 111 Å². The molecule has 0 aliphatic carbocycles. The highest BCUT2D eigenvalue weighted by molar-refractivity contribution is 5.87. The fourth-order valence-corrected chi connectivity index (χ4v) is 2.28. The first-order valence-electron chi connectivity index (χ1n) is 6.42. The van der Waals surface area contributed by atoms with E-state index in [1.165, 1.54) is 18.2 Å². The lowest BCUT2D eigenvalue weighted by Gasteiger charge is -2.15. The zero-order chi connectivity index (χ0) is 13.8. The molecule has 1 saturated heterocycles. The van der Waals surface area contributed by atoms with Gasteiger partial charge in [-0.2, -0.15) is 0 Å². The summed E-state index contributed by atoms with van der Waals surface area (Å²) in [7, 11) is 0. The number of ether oxygens (including phenoxy) is 1. The molecule has 0 bridgehead atoms. The van der Waals surface area contributed by atoms with Crippen LogP contribution >= 0.6 is 0 Å². The minimum absolute atomic E-state index is 0.107. The van der Waals surface area contributed by atoms with Crippen LogP contribution < -0.4 is 5.32 Å². The molecule has 1 heterocycles. The number of carbonyl (C=O) groups is 1. The van der Waals surface area contributed by atoms with E-state index in [2.05, 4.69) is 5.32 Å². The number of hydrogen-bond donors (Lipinski definition) is 2. The lowest BCUT2D eigenvalue weighted by Crippen LogP contribution is -2.27. The van der Waals surface area contributed by atoms with E-state index < -0.39 is 5.97 Å². The van der Waals surface area contributed by atoms with Crippen LogP contribution in [0.15, 0.2) is 18.2 Å². The Bertz CT molecular complexity index is 464. The van der Waals surface area contributed by atoms with Crippen molar-refractivity contribution in [2.75, 3.05) is 13.2 Å². The van der Waals surface area contributed by atoms with Crippen LogP contribution in [0.2, 0.25) is 0 Å². The van der Waals surface area contributed by atoms with Gasteiger partial charge in [0.1, 0.15) is 5.82 Å². The Morgan fingerprint density at radius 2 is 2.37 bits per heavy atom. The molecule has 2 rings (SSSR count). The van der Waals surface area contributed by atoms with Crippen LogP contribution in [0.5, 0.6) is 0 Å². The molecule has 0 saturated carbocycles. The minimum Gasteiger partial charge on any atom is -0.478 e. The van der Waals surface area contributed by atoms with Crippen molar-refractivity contribution in [2.24, 2.45) is 5.92 Å². The van der Waals surface area contributed by atoms with Gasteiger partial charge in [0.15, 0.2) is 0 Å². The number of halogens is 1. The van der Waals surface area contributed by atoms with Crippen LogP contribution in [0.4, 0.5) is 4.39 Å². The second-order valence-corrected chi connectivity index (χ2v) is 4.87. The summed E-state index contributed by atoms with van der Waals surface area (Å²) < 4.78 is 19.0. The first kappa shape index (κ1) is 14.0. The van der Waals surface area contributed by atoms with Crippen molar-refractivity contribution in [2.45, 2.75) is 26.0 Å². The third kappa shape index (κ3) is 3.52. The van der Waals surface area contributed by atoms with Gasteiger partial charge in [0.2, 0.25) is 0 Å². The Morgan fingerprint density at radius 1 is 1.58 bits per heavy atom. The van der Waals surface area contributed by atoms with Gasteiger partial charge < -0.3 is 15.2 Å². The minimum atomic E-state index is -1.04. The van der Waals surface area contributed by atoms with E-state index >= 15 is 0 Å². The average molecular weight is 267 g/mol. The maximum atomic E-state index is 13.6. The zero-order valence-corrected chi connectivity index (χ0v) is 10.9. The lowest BCUT2D eigenvalue weighted by atomic mass is 10.0. The van der Waals surface area contributed by atoms with Gasteiger partial charge in [0, 0.05) is 25.3 Å². The predicted molar refractivity (Wildman–Crippen MR) is 68.6 cm³/mol. The fourth-order valence-electron chi connectivity index (χ4n) is 2.28. The molecule has 0 aromatic heterocycles. The number of nitrogens with one attached hydrogen (secondary N) is 1. The normalized spacial score (nSPS) is 22.6. The maximum absolute atomic E-state index is 13.6. The van der Waals surface area contributed by atoms with Gasteiger partial charge in [0.25, 0.3) is 0 Å². The summed E-state index contributed by atoms with van der Waals surface area (Å²) in [6, 6.07) is 3.84. The van der Waals surface area contributed by atoms with Gasteiger partial charge in [-0.1, -0.05) is 0 Å². The second-order valence-electron chi connectivity index (χ2n) is 4.87. The van der Waals surface area contributed by atoms with Gasteiger partial charge >= 0.3 is 5.97 Å². The molecule has 0 amide bonds. The van der Waals surface area contributed by atoms with E-state index in [9.17, 15) is 9.18 Å². The van der Waals surface area contributed by atoms with Crippen molar-refractivity contribution in [3.05, 3.63) is 35.1 Å². The van der Waals surface area contributed by atoms with Crippen LogP contribution in [-0.2, 0) is 11.3 Å². The largest absolute Gasteiger partial charge is 0.478 e. The van der Waals surface area contributed by atoms with E-state index in [0.717, 1.165) is 19.6 Å². The Morgan fingerprint density at radius 3 is 3.00 bits per heavy atom. The highest BCUT2D eigenvalue weighted by atomic mass is 19.1. The smallest absolute Gasteiger partial charge is 0.335 e. The third-order valence-electron chi connectivity index (χ3n) is 3.55. The van der Waals surface area contributed by atoms with Crippen LogP contribution in [0.1, 0.15) is 29.3 Å². The molecule has 1 aromatic carbocycles. The molecule has 1 aliphatic heterocycles. The molecule has 2 unspecified atom stereocenters. The first-order chi connectivity index (χ1) is 9.08. The highest BCUT2D eigenvalue weighted by Crippen LogP contribution is 2.19. The van der Waals surface area contributed by atoms with Gasteiger partial charge in [-0.05, 0) is 37.5 Å². The summed E-state index contributed by atoms with van der Waals surface area (Å²) in [5, 5.41) is 12.0. The topological polar surface area (TPSA) is 58.6 Å². The summed E-state index contributed by atoms with van der Waals surface area (Å²) in [6.45, 7) is 3.88. The molecule has 104 valence electrons. The summed E-state index contributed by atoms with van der Waals surface area (Å²) in [4.78, 5) is 10.8. The molecule has 1 aliphatic rings. The zero-order valence-electron chi connectivity index (χ0n) is 10.9. The van der Waals surface area contributed by atoms with Crippen LogP contribution in [0.3, 0.4) is 0 Å². The summed E-state index contributed by atoms with van der Waals surface area (Å²) in [5.41, 5.74) is 0.488. The third-order valence-corrected chi connectivity index (χ3v) is 3.55. The Balaban J connectivity index is 1.91. The van der Waals surface area contributed by atoms with Gasteiger partial charge in [-0.15, -0.1) is 0 Å². The van der Waals surface area contributed by atoms with Gasteiger partial charge in [-0.3, -0.25) is 0 Å². The number of aromatic carboxylic acids is 1. The number of rotatable bonds is 5. The van der Waals surface area contributed by atoms with E-state index in [4.69, 9.17) is 9.84 Å². The average Bonchev–Trinajstić information content (AvgIpc) is 2.77. The van der Waals surface area contributed by atoms with Crippen LogP contribution in [-0.4, -0.2) is 30.3 Å². The van der Waals surface area contributed by atoms with Crippen LogP contribution in [0, 0.1) is 11.7 Å². The lowest BCUT2D eigenvalue weighted by molar-refractivity contribution is 0.0696. The fraction of sp³-hybridized carbons (Fsp3) is 0.500. The summed E-state index contributed by atoms with van der Waals surface area (Å²) >= 11 is 0. The second kappa shape index (κ2) is 6.12. The predicted octanol–water partition coefficient (Wildman–Crippen LogP) is 2.04. The van der Waals surface area contributed by atoms with E-state index in [-0.39, 0.29) is 17.5 Å². The van der Waals surface area contributed by atoms with Crippen molar-refractivity contribution in [1.82, 2.24) is 5.32 Å². The molecular weight excluding hydrogens is 249 g/mol. The quantitative estimate of drug-likeness (QED) is 0.857. The maximum Gasteiger partial charge on any atom is 0.335 e. The molecule has 5 heteroatoms. The molecule has 4 nitrogen and oxygen atoms in total. The molecular formula is C14H18FNO3. The first-order valence-corrected chi connectivity index (χ1v) is 6.42. The molecule has 1 aromatic rings. The Hall–Kier alpha value is -1.46. The van der Waals surface area contributed by atoms with E-state index in [1.807, 2.05) is 6.92 Å². The number of hydrogen-bond acceptors (Lipinski definition) is 3. The van der Waals surface area contributed by atoms with Gasteiger partial charge in [0.05, 0.1) is 11.7 Å². The molecule has 1 fully saturated rings. The van der Waals surface area contributed by atoms with Gasteiger partial charge in [-0.25, -0.2) is 9.18 Å². The summed E-state index contributed by atoms with van der Waals surface area (Å²) in [5.74, 6) is -0.988. The number of carboxylic acid groups (broad SMARTS) is 1. The molecule has 2 atom stereocenters. The number of benzene rings is 1. The molecule has 19 heavy (non-hydrogen) atoms. The molecule has 0 radical (unpaired) electrons. The summed E-state index contributed by atoms with van der Waals surface area (Å²) in [6.07, 6.45) is 1.23. The van der Waals surface area contributed by atoms with Crippen molar-refractivity contribution in [3.63, 3.8) is 0 Å². The van der Waals surface area contributed by atoms with Crippen molar-refractivity contribution in [3.8, 4) is 0 Å². The van der Waals surface area contributed by atoms with Crippen molar-refractivity contribution < 1.29 is 19.0 Å². The molecule has 0 spiro atoms. The monoisotopic (exact) mass is 267 g/mol. The van der Waals surface area contributed by atoms with E-state index in [0.29, 0.717) is 18.0 Å². The number of carboxylic acids is 1. The standard InChI is InChI=1S/C14H18FNO3/c1-9-11(4-5-19-9)7-16-8-12-6-10(14(17)18)2-3-13(12)15/h2-3,6,9,11,16H,4-5,7-8H2,1H3,(H,17,18). The molecule has 2 N–H and O–H groups in total.